The van der Waals surface area contributed by atoms with Crippen molar-refractivity contribution in [3.63, 3.8) is 0 Å². The first-order valence-electron chi connectivity index (χ1n) is 3.82. The molecule has 0 bridgehead atoms. The summed E-state index contributed by atoms with van der Waals surface area (Å²) in [4.78, 5) is 9.16. The van der Waals surface area contributed by atoms with Gasteiger partial charge in [-0.25, -0.2) is 4.57 Å². The van der Waals surface area contributed by atoms with Gasteiger partial charge in [-0.3, -0.25) is 4.89 Å². The molecule has 1 rings (SSSR count). The number of rotatable bonds is 4. The number of hydrogen-bond donors (Lipinski definition) is 1. The van der Waals surface area contributed by atoms with Crippen molar-refractivity contribution in [2.75, 3.05) is 0 Å². The van der Waals surface area contributed by atoms with Gasteiger partial charge >= 0.3 is 7.82 Å². The molecule has 1 atom stereocenters. The van der Waals surface area contributed by atoms with E-state index in [2.05, 4.69) is 15.6 Å². The van der Waals surface area contributed by atoms with Gasteiger partial charge in [-0.2, -0.15) is 0 Å². The Hall–Kier alpha value is -0.380. The van der Waals surface area contributed by atoms with Crippen molar-refractivity contribution in [1.82, 2.24) is 0 Å². The van der Waals surface area contributed by atoms with Gasteiger partial charge in [-0.05, 0) is 6.07 Å². The molecule has 0 aliphatic heterocycles. The molecule has 0 saturated heterocycles. The molecule has 88 valence electrons. The van der Waals surface area contributed by atoms with Crippen LogP contribution in [0.4, 0.5) is 0 Å². The largest absolute Gasteiger partial charge is 0.584 e. The van der Waals surface area contributed by atoms with Gasteiger partial charge in [0, 0.05) is 6.07 Å². The molecule has 1 N–H and O–H groups in total. The fourth-order valence-corrected chi connectivity index (χ4v) is 2.07. The van der Waals surface area contributed by atoms with E-state index in [1.54, 1.807) is 0 Å². The van der Waals surface area contributed by atoms with Crippen LogP contribution >= 0.6 is 42.6 Å². The summed E-state index contributed by atoms with van der Waals surface area (Å²) in [5, 5.41) is 0.382. The van der Waals surface area contributed by atoms with E-state index in [0.29, 0.717) is 0 Å². The molecule has 0 aliphatic rings. The van der Waals surface area contributed by atoms with Gasteiger partial charge in [-0.15, -0.1) is 0 Å². The zero-order valence-electron chi connectivity index (χ0n) is 7.69. The van der Waals surface area contributed by atoms with E-state index in [4.69, 9.17) is 39.7 Å². The highest BCUT2D eigenvalue weighted by atomic mass is 35.5. The highest BCUT2D eigenvalue weighted by Crippen LogP contribution is 2.47. The van der Waals surface area contributed by atoms with Gasteiger partial charge in [0.1, 0.15) is 0 Å². The van der Waals surface area contributed by atoms with Gasteiger partial charge in [0.2, 0.25) is 0 Å². The number of hydrogen-bond acceptors (Lipinski definition) is 3. The van der Waals surface area contributed by atoms with Crippen LogP contribution in [0.2, 0.25) is 15.1 Å². The maximum atomic E-state index is 11.2. The lowest BCUT2D eigenvalue weighted by atomic mass is 10.3. The third-order valence-corrected chi connectivity index (χ3v) is 3.26. The van der Waals surface area contributed by atoms with E-state index >= 15 is 0 Å². The second-order valence-corrected chi connectivity index (χ2v) is 5.08. The van der Waals surface area contributed by atoms with Crippen molar-refractivity contribution in [2.45, 2.75) is 0 Å². The molecule has 1 aromatic carbocycles. The fourth-order valence-electron chi connectivity index (χ4n) is 0.814. The second kappa shape index (κ2) is 5.30. The molecule has 0 aliphatic carbocycles. The SMILES string of the molecule is C=COP(=O)(O)Oc1cc(Cl)c(Cl)cc1Cl. The summed E-state index contributed by atoms with van der Waals surface area (Å²) < 4.78 is 20.2. The lowest BCUT2D eigenvalue weighted by Gasteiger charge is -2.12. The van der Waals surface area contributed by atoms with Crippen LogP contribution in [0.3, 0.4) is 0 Å². The van der Waals surface area contributed by atoms with E-state index in [9.17, 15) is 4.57 Å². The minimum atomic E-state index is -4.28. The van der Waals surface area contributed by atoms with Gasteiger partial charge in [-0.1, -0.05) is 41.4 Å². The van der Waals surface area contributed by atoms with E-state index in [1.807, 2.05) is 0 Å². The molecule has 8 heteroatoms. The molecule has 1 unspecified atom stereocenters. The van der Waals surface area contributed by atoms with Crippen LogP contribution < -0.4 is 4.52 Å². The van der Waals surface area contributed by atoms with Crippen molar-refractivity contribution >= 4 is 42.6 Å². The molecule has 0 spiro atoms. The minimum Gasteiger partial charge on any atom is -0.404 e. The molecule has 16 heavy (non-hydrogen) atoms. The van der Waals surface area contributed by atoms with Crippen LogP contribution in [0, 0.1) is 0 Å². The molecule has 0 saturated carbocycles. The summed E-state index contributed by atoms with van der Waals surface area (Å²) in [5.74, 6) is -0.108. The first-order valence-corrected chi connectivity index (χ1v) is 6.45. The van der Waals surface area contributed by atoms with Crippen LogP contribution in [-0.4, -0.2) is 4.89 Å². The Bertz CT molecular complexity index is 463. The van der Waals surface area contributed by atoms with E-state index in [0.717, 1.165) is 6.26 Å². The topological polar surface area (TPSA) is 55.8 Å². The third kappa shape index (κ3) is 3.58. The quantitative estimate of drug-likeness (QED) is 0.512. The summed E-state index contributed by atoms with van der Waals surface area (Å²) in [6, 6.07) is 2.50. The number of phosphoric acid groups is 1. The van der Waals surface area contributed by atoms with Crippen LogP contribution in [0.1, 0.15) is 0 Å². The Labute approximate surface area is 107 Å². The standard InChI is InChI=1S/C8H6Cl3O4P/c1-2-14-16(12,13)15-8-4-6(10)5(9)3-7(8)11/h2-4H,1H2,(H,12,13). The Morgan fingerprint density at radius 1 is 1.25 bits per heavy atom. The summed E-state index contributed by atoms with van der Waals surface area (Å²) >= 11 is 17.1. The minimum absolute atomic E-state index is 0.0383. The van der Waals surface area contributed by atoms with Crippen LogP contribution in [0.15, 0.2) is 25.0 Å². The van der Waals surface area contributed by atoms with Crippen LogP contribution in [0.5, 0.6) is 5.75 Å². The molecule has 0 heterocycles. The first-order chi connectivity index (χ1) is 7.35. The predicted molar refractivity (Wildman–Crippen MR) is 63.2 cm³/mol. The van der Waals surface area contributed by atoms with Gasteiger partial charge in [0.25, 0.3) is 0 Å². The average molecular weight is 303 g/mol. The number of benzene rings is 1. The van der Waals surface area contributed by atoms with Crippen LogP contribution in [0.25, 0.3) is 0 Å². The van der Waals surface area contributed by atoms with Crippen molar-refractivity contribution < 1.29 is 18.5 Å². The number of phosphoric ester groups is 1. The van der Waals surface area contributed by atoms with Crippen LogP contribution in [-0.2, 0) is 9.09 Å². The molecular formula is C8H6Cl3O4P. The molecule has 4 nitrogen and oxygen atoms in total. The molecule has 0 amide bonds. The lowest BCUT2D eigenvalue weighted by Crippen LogP contribution is -1.94. The predicted octanol–water partition coefficient (Wildman–Crippen LogP) is 4.29. The number of halogens is 3. The molecule has 1 aromatic rings. The Morgan fingerprint density at radius 2 is 1.81 bits per heavy atom. The lowest BCUT2D eigenvalue weighted by molar-refractivity contribution is 0.267. The summed E-state index contributed by atoms with van der Waals surface area (Å²) in [6.07, 6.45) is 0.784. The van der Waals surface area contributed by atoms with E-state index in [1.165, 1.54) is 12.1 Å². The van der Waals surface area contributed by atoms with Crippen molar-refractivity contribution in [3.8, 4) is 5.75 Å². The van der Waals surface area contributed by atoms with Gasteiger partial charge < -0.3 is 9.05 Å². The summed E-state index contributed by atoms with van der Waals surface area (Å²) in [5.41, 5.74) is 0. The van der Waals surface area contributed by atoms with E-state index < -0.39 is 7.82 Å². The molecule has 0 aromatic heterocycles. The Balaban J connectivity index is 3.02. The smallest absolute Gasteiger partial charge is 0.404 e. The maximum absolute atomic E-state index is 11.2. The third-order valence-electron chi connectivity index (χ3n) is 1.40. The zero-order valence-corrected chi connectivity index (χ0v) is 10.9. The second-order valence-electron chi connectivity index (χ2n) is 2.53. The van der Waals surface area contributed by atoms with Crippen molar-refractivity contribution in [3.05, 3.63) is 40.0 Å². The zero-order chi connectivity index (χ0) is 12.3. The monoisotopic (exact) mass is 302 g/mol. The molecular weight excluding hydrogens is 297 g/mol. The van der Waals surface area contributed by atoms with Gasteiger partial charge in [0.15, 0.2) is 5.75 Å². The van der Waals surface area contributed by atoms with Gasteiger partial charge in [0.05, 0.1) is 21.3 Å². The first kappa shape index (κ1) is 13.7. The normalized spacial score (nSPS) is 14.0. The van der Waals surface area contributed by atoms with Crippen molar-refractivity contribution in [1.29, 1.82) is 0 Å². The average Bonchev–Trinajstić information content (AvgIpc) is 2.13. The molecule has 0 fully saturated rings. The van der Waals surface area contributed by atoms with E-state index in [-0.39, 0.29) is 20.8 Å². The summed E-state index contributed by atoms with van der Waals surface area (Å²) in [6.45, 7) is 3.13. The Morgan fingerprint density at radius 3 is 2.38 bits per heavy atom. The Kier molecular flexibility index (Phi) is 4.53. The fraction of sp³-hybridized carbons (Fsp3) is 0. The molecule has 0 radical (unpaired) electrons. The van der Waals surface area contributed by atoms with Crippen molar-refractivity contribution in [2.24, 2.45) is 0 Å². The highest BCUT2D eigenvalue weighted by molar-refractivity contribution is 7.47. The summed E-state index contributed by atoms with van der Waals surface area (Å²) in [7, 11) is -4.28. The highest BCUT2D eigenvalue weighted by Gasteiger charge is 2.24. The maximum Gasteiger partial charge on any atom is 0.584 e.